The van der Waals surface area contributed by atoms with Gasteiger partial charge in [-0.1, -0.05) is 0 Å². The topological polar surface area (TPSA) is 50.7 Å². The lowest BCUT2D eigenvalue weighted by Crippen LogP contribution is -1.81. The zero-order valence-corrected chi connectivity index (χ0v) is 6.87. The molecule has 0 aliphatic rings. The van der Waals surface area contributed by atoms with E-state index >= 15 is 0 Å². The number of hydrogen-bond acceptors (Lipinski definition) is 4. The van der Waals surface area contributed by atoms with Crippen molar-refractivity contribution in [3.05, 3.63) is 0 Å². The fourth-order valence-corrected chi connectivity index (χ4v) is 3.10. The van der Waals surface area contributed by atoms with Crippen molar-refractivity contribution in [2.24, 2.45) is 0 Å². The summed E-state index contributed by atoms with van der Waals surface area (Å²) >= 11 is 0. The molecule has 0 unspecified atom stereocenters. The molecule has 0 bridgehead atoms. The molecule has 0 atom stereocenters. The molecule has 4 nitrogen and oxygen atoms in total. The number of nitrogens with zero attached hydrogens (tertiary/aromatic N) is 3. The third-order valence-corrected chi connectivity index (χ3v) is 3.56. The van der Waals surface area contributed by atoms with Crippen LogP contribution in [0.15, 0.2) is 0 Å². The molecule has 8 heavy (non-hydrogen) atoms. The Morgan fingerprint density at radius 1 is 1.38 bits per heavy atom. The summed E-state index contributed by atoms with van der Waals surface area (Å²) in [5.41, 5.74) is 0. The zero-order valence-electron chi connectivity index (χ0n) is 4.18. The smallest absolute Gasteiger partial charge is 0.198 e. The van der Waals surface area contributed by atoms with Crippen molar-refractivity contribution in [3.8, 4) is 0 Å². The lowest BCUT2D eigenvalue weighted by molar-refractivity contribution is 1.60. The summed E-state index contributed by atoms with van der Waals surface area (Å²) in [6.07, 6.45) is 0. The second-order valence-corrected chi connectivity index (χ2v) is 4.49. The molecule has 0 saturated carbocycles. The monoisotopic (exact) mass is 165 g/mol. The molecule has 1 aromatic heterocycles. The lowest BCUT2D eigenvalue weighted by Gasteiger charge is -1.77. The Bertz CT molecular complexity index is 153. The minimum absolute atomic E-state index is 0.588. The molecule has 0 radical (unpaired) electrons. The van der Waals surface area contributed by atoms with Crippen LogP contribution in [0.25, 0.3) is 0 Å². The van der Waals surface area contributed by atoms with Gasteiger partial charge in [-0.3, -0.25) is 0 Å². The highest BCUT2D eigenvalue weighted by Gasteiger charge is 1.96. The van der Waals surface area contributed by atoms with Gasteiger partial charge in [0.05, 0.1) is 0 Å². The predicted molar refractivity (Wildman–Crippen MR) is 37.3 cm³/mol. The molecule has 0 saturated heterocycles. The molecule has 0 spiro atoms. The molecule has 7 heteroatoms. The number of hydrogen-bond donors (Lipinski definition) is 1. The quantitative estimate of drug-likeness (QED) is 0.684. The van der Waals surface area contributed by atoms with E-state index in [1.54, 1.807) is 0 Å². The average molecular weight is 165 g/mol. The Balaban J connectivity index is 2.83. The van der Waals surface area contributed by atoms with Crippen LogP contribution in [0.3, 0.4) is 0 Å². The molecule has 0 aliphatic heterocycles. The molecule has 1 heterocycles. The van der Waals surface area contributed by atoms with Crippen molar-refractivity contribution in [3.63, 3.8) is 0 Å². The Morgan fingerprint density at radius 3 is 2.38 bits per heavy atom. The Labute approximate surface area is 51.5 Å². The van der Waals surface area contributed by atoms with Gasteiger partial charge in [0.25, 0.3) is 8.00 Å². The maximum Gasteiger partial charge on any atom is 0.347 e. The molecular weight excluding hydrogens is 161 g/mol. The number of aromatic nitrogens is 3. The summed E-state index contributed by atoms with van der Waals surface area (Å²) in [5, 5.41) is 2.96. The van der Waals surface area contributed by atoms with E-state index in [4.69, 9.17) is 0 Å². The van der Waals surface area contributed by atoms with Crippen LogP contribution in [-0.2, 0) is 0 Å². The zero-order chi connectivity index (χ0) is 5.82. The SMILES string of the molecule is CN[p+]1npnpn1. The van der Waals surface area contributed by atoms with E-state index in [9.17, 15) is 0 Å². The van der Waals surface area contributed by atoms with E-state index in [0.717, 1.165) is 17.0 Å². The summed E-state index contributed by atoms with van der Waals surface area (Å²) in [5.74, 6) is 0. The van der Waals surface area contributed by atoms with Crippen molar-refractivity contribution in [2.75, 3.05) is 12.1 Å². The first-order valence-electron chi connectivity index (χ1n) is 1.92. The highest BCUT2D eigenvalue weighted by molar-refractivity contribution is 7.54. The van der Waals surface area contributed by atoms with E-state index in [1.807, 2.05) is 7.05 Å². The van der Waals surface area contributed by atoms with Crippen molar-refractivity contribution < 1.29 is 0 Å². The van der Waals surface area contributed by atoms with E-state index in [2.05, 4.69) is 18.6 Å². The van der Waals surface area contributed by atoms with Crippen LogP contribution in [0.1, 0.15) is 0 Å². The molecule has 42 valence electrons. The predicted octanol–water partition coefficient (Wildman–Crippen LogP) is 1.47. The standard InChI is InChI=1S/CH4N4P3/c1-2-8-4-6-3-7-5-8/h1H3,(H,2,3,4,5)/q+1. The normalized spacial score (nSPS) is 13.4. The minimum atomic E-state index is -0.588. The molecule has 1 rings (SSSR count). The summed E-state index contributed by atoms with van der Waals surface area (Å²) in [4.78, 5) is 0. The van der Waals surface area contributed by atoms with Crippen molar-refractivity contribution >= 4 is 25.0 Å². The fraction of sp³-hybridized carbons (Fsp3) is 1.00. The van der Waals surface area contributed by atoms with Crippen LogP contribution in [0, 0.1) is 0 Å². The lowest BCUT2D eigenvalue weighted by atomic mass is 11.6. The third-order valence-electron chi connectivity index (χ3n) is 0.529. The van der Waals surface area contributed by atoms with Crippen molar-refractivity contribution in [1.29, 1.82) is 0 Å². The average Bonchev–Trinajstić information content (AvgIpc) is 1.90. The second-order valence-electron chi connectivity index (χ2n) is 0.960. The Kier molecular flexibility index (Phi) is 2.65. The van der Waals surface area contributed by atoms with E-state index < -0.39 is 8.00 Å². The fourth-order valence-electron chi connectivity index (χ4n) is 0.237. The van der Waals surface area contributed by atoms with Gasteiger partial charge in [0.2, 0.25) is 0 Å². The summed E-state index contributed by atoms with van der Waals surface area (Å²) < 4.78 is 11.9. The largest absolute Gasteiger partial charge is 0.347 e. The van der Waals surface area contributed by atoms with Gasteiger partial charge in [0.1, 0.15) is 0 Å². The van der Waals surface area contributed by atoms with Crippen molar-refractivity contribution in [2.45, 2.75) is 0 Å². The van der Waals surface area contributed by atoms with Crippen LogP contribution in [0.4, 0.5) is 0 Å². The molecule has 1 N–H and O–H groups in total. The van der Waals surface area contributed by atoms with E-state index in [1.165, 1.54) is 0 Å². The van der Waals surface area contributed by atoms with Crippen LogP contribution >= 0.6 is 25.0 Å². The molecule has 1 aromatic rings. The molecule has 0 aromatic carbocycles. The van der Waals surface area contributed by atoms with E-state index in [0.29, 0.717) is 0 Å². The maximum absolute atomic E-state index is 4.03. The molecule has 0 fully saturated rings. The van der Waals surface area contributed by atoms with Gasteiger partial charge in [-0.15, -0.1) is 0 Å². The highest BCUT2D eigenvalue weighted by Crippen LogP contribution is 2.15. The maximum atomic E-state index is 4.03. The third kappa shape index (κ3) is 1.65. The Morgan fingerprint density at radius 2 is 2.00 bits per heavy atom. The molecule has 0 amide bonds. The van der Waals surface area contributed by atoms with Crippen molar-refractivity contribution in [1.82, 2.24) is 13.5 Å². The highest BCUT2D eigenvalue weighted by atomic mass is 31.2. The Hall–Kier alpha value is 0.260. The van der Waals surface area contributed by atoms with Gasteiger partial charge in [-0.05, 0) is 13.5 Å². The first-order chi connectivity index (χ1) is 3.93. The van der Waals surface area contributed by atoms with Gasteiger partial charge in [-0.2, -0.15) is 5.09 Å². The summed E-state index contributed by atoms with van der Waals surface area (Å²) in [7, 11) is 2.91. The van der Waals surface area contributed by atoms with Crippen LogP contribution in [0.5, 0.6) is 0 Å². The summed E-state index contributed by atoms with van der Waals surface area (Å²) in [6, 6.07) is 0. The molecular formula is CH4N4P3+. The van der Waals surface area contributed by atoms with Crippen LogP contribution in [-0.4, -0.2) is 20.6 Å². The number of nitrogens with one attached hydrogen (secondary N) is 1. The van der Waals surface area contributed by atoms with Crippen LogP contribution in [0.2, 0.25) is 0 Å². The van der Waals surface area contributed by atoms with Gasteiger partial charge in [0.15, 0.2) is 0 Å². The van der Waals surface area contributed by atoms with Crippen LogP contribution < -0.4 is 5.09 Å². The second kappa shape index (κ2) is 3.32. The summed E-state index contributed by atoms with van der Waals surface area (Å²) in [6.45, 7) is 0. The van der Waals surface area contributed by atoms with Gasteiger partial charge >= 0.3 is 17.0 Å². The molecule has 0 aliphatic carbocycles. The number of rotatable bonds is 1. The van der Waals surface area contributed by atoms with E-state index in [-0.39, 0.29) is 0 Å². The first kappa shape index (κ1) is 6.38. The first-order valence-corrected chi connectivity index (χ1v) is 4.77. The minimum Gasteiger partial charge on any atom is -0.198 e. The van der Waals surface area contributed by atoms with Gasteiger partial charge in [-0.25, -0.2) is 0 Å². The van der Waals surface area contributed by atoms with Gasteiger partial charge < -0.3 is 0 Å². The van der Waals surface area contributed by atoms with Gasteiger partial charge in [0, 0.05) is 7.05 Å².